The molecule has 0 saturated carbocycles. The molecule has 16 heavy (non-hydrogen) atoms. The number of methoxy groups -OCH3 is 2. The second-order valence-electron chi connectivity index (χ2n) is 3.29. The predicted molar refractivity (Wildman–Crippen MR) is 56.6 cm³/mol. The quantitative estimate of drug-likeness (QED) is 0.775. The molecule has 88 valence electrons. The fourth-order valence-electron chi connectivity index (χ4n) is 1.29. The van der Waals surface area contributed by atoms with Gasteiger partial charge in [-0.05, 0) is 11.6 Å². The zero-order valence-electron chi connectivity index (χ0n) is 9.20. The molecule has 1 aromatic carbocycles. The Bertz CT molecular complexity index is 381. The molecule has 0 heterocycles. The van der Waals surface area contributed by atoms with Gasteiger partial charge in [-0.2, -0.15) is 0 Å². The van der Waals surface area contributed by atoms with E-state index in [1.165, 1.54) is 26.4 Å². The van der Waals surface area contributed by atoms with E-state index in [1.807, 2.05) is 0 Å². The lowest BCUT2D eigenvalue weighted by Crippen LogP contribution is -2.33. The van der Waals surface area contributed by atoms with E-state index in [0.29, 0.717) is 11.3 Å². The Labute approximate surface area is 93.2 Å². The molecule has 0 aliphatic rings. The lowest BCUT2D eigenvalue weighted by atomic mass is 10.1. The maximum atomic E-state index is 13.5. The minimum atomic E-state index is -0.854. The monoisotopic (exact) mass is 227 g/mol. The number of nitrogens with two attached hydrogens (primary N) is 1. The molecule has 2 N–H and O–H groups in total. The maximum absolute atomic E-state index is 13.5. The Hall–Kier alpha value is -1.62. The SMILES string of the molecule is COC(=O)[C@H](N)Cc1ccc(OC)cc1F. The first kappa shape index (κ1) is 12.4. The molecule has 1 aromatic rings. The van der Waals surface area contributed by atoms with Gasteiger partial charge in [-0.1, -0.05) is 6.07 Å². The highest BCUT2D eigenvalue weighted by molar-refractivity contribution is 5.75. The molecule has 1 atom stereocenters. The van der Waals surface area contributed by atoms with Crippen molar-refractivity contribution in [1.82, 2.24) is 0 Å². The fraction of sp³-hybridized carbons (Fsp3) is 0.364. The highest BCUT2D eigenvalue weighted by Crippen LogP contribution is 2.17. The van der Waals surface area contributed by atoms with Crippen molar-refractivity contribution in [2.24, 2.45) is 5.73 Å². The Morgan fingerprint density at radius 1 is 1.50 bits per heavy atom. The van der Waals surface area contributed by atoms with Gasteiger partial charge >= 0.3 is 5.97 Å². The second kappa shape index (κ2) is 5.46. The molecule has 0 bridgehead atoms. The third-order valence-corrected chi connectivity index (χ3v) is 2.20. The molecule has 0 amide bonds. The number of ether oxygens (including phenoxy) is 2. The van der Waals surface area contributed by atoms with Gasteiger partial charge in [0, 0.05) is 12.5 Å². The maximum Gasteiger partial charge on any atom is 0.322 e. The van der Waals surface area contributed by atoms with Crippen LogP contribution in [-0.4, -0.2) is 26.2 Å². The number of benzene rings is 1. The van der Waals surface area contributed by atoms with E-state index in [-0.39, 0.29) is 6.42 Å². The van der Waals surface area contributed by atoms with Crippen molar-refractivity contribution in [3.05, 3.63) is 29.6 Å². The van der Waals surface area contributed by atoms with Crippen LogP contribution in [-0.2, 0) is 16.0 Å². The summed E-state index contributed by atoms with van der Waals surface area (Å²) in [6.07, 6.45) is 0.0997. The van der Waals surface area contributed by atoms with Crippen molar-refractivity contribution in [3.63, 3.8) is 0 Å². The molecule has 0 aliphatic carbocycles. The average molecular weight is 227 g/mol. The number of hydrogen-bond acceptors (Lipinski definition) is 4. The van der Waals surface area contributed by atoms with E-state index in [2.05, 4.69) is 4.74 Å². The first-order valence-corrected chi connectivity index (χ1v) is 4.74. The first-order chi connectivity index (χ1) is 7.58. The number of esters is 1. The standard InChI is InChI=1S/C11H14FNO3/c1-15-8-4-3-7(9(12)6-8)5-10(13)11(14)16-2/h3-4,6,10H,5,13H2,1-2H3/t10-/m1/s1. The van der Waals surface area contributed by atoms with Crippen LogP contribution in [0, 0.1) is 5.82 Å². The van der Waals surface area contributed by atoms with E-state index in [0.717, 1.165) is 0 Å². The summed E-state index contributed by atoms with van der Waals surface area (Å²) in [5, 5.41) is 0. The molecule has 4 nitrogen and oxygen atoms in total. The molecule has 0 fully saturated rings. The Morgan fingerprint density at radius 2 is 2.19 bits per heavy atom. The van der Waals surface area contributed by atoms with Gasteiger partial charge in [0.05, 0.1) is 14.2 Å². The Kier molecular flexibility index (Phi) is 4.25. The van der Waals surface area contributed by atoms with Gasteiger partial charge in [-0.25, -0.2) is 4.39 Å². The van der Waals surface area contributed by atoms with E-state index in [4.69, 9.17) is 10.5 Å². The van der Waals surface area contributed by atoms with Crippen molar-refractivity contribution in [2.75, 3.05) is 14.2 Å². The highest BCUT2D eigenvalue weighted by atomic mass is 19.1. The second-order valence-corrected chi connectivity index (χ2v) is 3.29. The van der Waals surface area contributed by atoms with E-state index in [1.54, 1.807) is 6.07 Å². The van der Waals surface area contributed by atoms with Crippen LogP contribution in [0.3, 0.4) is 0 Å². The molecule has 0 aliphatic heterocycles. The lowest BCUT2D eigenvalue weighted by molar-refractivity contribution is -0.142. The summed E-state index contributed by atoms with van der Waals surface area (Å²) in [5.41, 5.74) is 5.89. The smallest absolute Gasteiger partial charge is 0.322 e. The van der Waals surface area contributed by atoms with E-state index in [9.17, 15) is 9.18 Å². The Morgan fingerprint density at radius 3 is 2.69 bits per heavy atom. The highest BCUT2D eigenvalue weighted by Gasteiger charge is 2.16. The van der Waals surface area contributed by atoms with Gasteiger partial charge in [0.2, 0.25) is 0 Å². The zero-order valence-corrected chi connectivity index (χ0v) is 9.20. The first-order valence-electron chi connectivity index (χ1n) is 4.74. The molecule has 0 aromatic heterocycles. The van der Waals surface area contributed by atoms with Crippen LogP contribution in [0.4, 0.5) is 4.39 Å². The van der Waals surface area contributed by atoms with Crippen LogP contribution in [0.2, 0.25) is 0 Å². The van der Waals surface area contributed by atoms with E-state index >= 15 is 0 Å². The Balaban J connectivity index is 2.78. The summed E-state index contributed by atoms with van der Waals surface area (Å²) in [6.45, 7) is 0. The summed E-state index contributed by atoms with van der Waals surface area (Å²) >= 11 is 0. The van der Waals surface area contributed by atoms with Gasteiger partial charge < -0.3 is 15.2 Å². The van der Waals surface area contributed by atoms with Gasteiger partial charge in [0.25, 0.3) is 0 Å². The van der Waals surface area contributed by atoms with Gasteiger partial charge in [-0.15, -0.1) is 0 Å². The summed E-state index contributed by atoms with van der Waals surface area (Å²) in [6, 6.07) is 3.55. The van der Waals surface area contributed by atoms with Crippen molar-refractivity contribution < 1.29 is 18.7 Å². The fourth-order valence-corrected chi connectivity index (χ4v) is 1.29. The topological polar surface area (TPSA) is 61.5 Å². The predicted octanol–water partition coefficient (Wildman–Crippen LogP) is 0.877. The lowest BCUT2D eigenvalue weighted by Gasteiger charge is -2.10. The molecule has 0 radical (unpaired) electrons. The largest absolute Gasteiger partial charge is 0.497 e. The summed E-state index contributed by atoms with van der Waals surface area (Å²) < 4.78 is 22.8. The van der Waals surface area contributed by atoms with Gasteiger partial charge in [0.15, 0.2) is 0 Å². The number of hydrogen-bond donors (Lipinski definition) is 1. The van der Waals surface area contributed by atoms with Crippen LogP contribution in [0.15, 0.2) is 18.2 Å². The zero-order chi connectivity index (χ0) is 12.1. The van der Waals surface area contributed by atoms with Crippen LogP contribution >= 0.6 is 0 Å². The molecule has 1 rings (SSSR count). The van der Waals surface area contributed by atoms with Crippen LogP contribution in [0.1, 0.15) is 5.56 Å². The number of rotatable bonds is 4. The molecule has 5 heteroatoms. The number of carbonyl (C=O) groups excluding carboxylic acids is 1. The van der Waals surface area contributed by atoms with Crippen molar-refractivity contribution >= 4 is 5.97 Å². The van der Waals surface area contributed by atoms with Crippen LogP contribution in [0.5, 0.6) is 5.75 Å². The summed E-state index contributed by atoms with van der Waals surface area (Å²) in [4.78, 5) is 11.1. The van der Waals surface area contributed by atoms with Crippen molar-refractivity contribution in [1.29, 1.82) is 0 Å². The number of halogens is 1. The third-order valence-electron chi connectivity index (χ3n) is 2.20. The molecular weight excluding hydrogens is 213 g/mol. The van der Waals surface area contributed by atoms with Gasteiger partial charge in [0.1, 0.15) is 17.6 Å². The van der Waals surface area contributed by atoms with Crippen molar-refractivity contribution in [2.45, 2.75) is 12.5 Å². The molecule has 0 saturated heterocycles. The summed E-state index contributed by atoms with van der Waals surface area (Å²) in [5.74, 6) is -0.582. The molecule has 0 unspecified atom stereocenters. The summed E-state index contributed by atoms with van der Waals surface area (Å²) in [7, 11) is 2.70. The van der Waals surface area contributed by atoms with Crippen molar-refractivity contribution in [3.8, 4) is 5.75 Å². The number of carbonyl (C=O) groups is 1. The minimum absolute atomic E-state index is 0.0997. The van der Waals surface area contributed by atoms with Crippen LogP contribution in [0.25, 0.3) is 0 Å². The van der Waals surface area contributed by atoms with Crippen LogP contribution < -0.4 is 10.5 Å². The molecule has 0 spiro atoms. The van der Waals surface area contributed by atoms with Gasteiger partial charge in [-0.3, -0.25) is 4.79 Å². The normalized spacial score (nSPS) is 12.0. The minimum Gasteiger partial charge on any atom is -0.497 e. The average Bonchev–Trinajstić information content (AvgIpc) is 2.30. The third kappa shape index (κ3) is 2.93. The molecular formula is C11H14FNO3. The van der Waals surface area contributed by atoms with E-state index < -0.39 is 17.8 Å².